The van der Waals surface area contributed by atoms with Crippen LogP contribution in [0.15, 0.2) is 40.1 Å². The highest BCUT2D eigenvalue weighted by Gasteiger charge is 2.30. The Morgan fingerprint density at radius 2 is 1.77 bits per heavy atom. The molecule has 132 valence electrons. The SMILES string of the molecule is Cn1c(=O)c2c(nc3n(C4CC4)c(-c4ccc(Cl)cc4)cn23)n(C)c1=O. The predicted octanol–water partition coefficient (Wildman–Crippen LogP) is 2.34. The fourth-order valence-electron chi connectivity index (χ4n) is 3.51. The quantitative estimate of drug-likeness (QED) is 0.544. The topological polar surface area (TPSA) is 66.2 Å². The summed E-state index contributed by atoms with van der Waals surface area (Å²) in [6, 6.07) is 7.99. The summed E-state index contributed by atoms with van der Waals surface area (Å²) in [7, 11) is 3.12. The third-order valence-corrected chi connectivity index (χ3v) is 5.30. The van der Waals surface area contributed by atoms with Crippen LogP contribution in [0.5, 0.6) is 0 Å². The molecule has 3 heterocycles. The first-order valence-corrected chi connectivity index (χ1v) is 8.80. The average Bonchev–Trinajstić information content (AvgIpc) is 3.30. The molecule has 0 spiro atoms. The Morgan fingerprint density at radius 3 is 2.42 bits per heavy atom. The lowest BCUT2D eigenvalue weighted by molar-refractivity contribution is 0.707. The van der Waals surface area contributed by atoms with Gasteiger partial charge in [0.1, 0.15) is 0 Å². The van der Waals surface area contributed by atoms with Crippen LogP contribution in [0.3, 0.4) is 0 Å². The minimum absolute atomic E-state index is 0.341. The maximum absolute atomic E-state index is 12.7. The van der Waals surface area contributed by atoms with Gasteiger partial charge in [0, 0.05) is 31.4 Å². The van der Waals surface area contributed by atoms with Crippen molar-refractivity contribution in [2.24, 2.45) is 14.1 Å². The number of imidazole rings is 2. The van der Waals surface area contributed by atoms with E-state index in [2.05, 4.69) is 9.55 Å². The first-order chi connectivity index (χ1) is 12.5. The summed E-state index contributed by atoms with van der Waals surface area (Å²) in [4.78, 5) is 29.6. The molecule has 1 aliphatic carbocycles. The van der Waals surface area contributed by atoms with E-state index in [1.807, 2.05) is 30.5 Å². The smallest absolute Gasteiger partial charge is 0.306 e. The average molecular weight is 370 g/mol. The van der Waals surface area contributed by atoms with Crippen molar-refractivity contribution in [3.63, 3.8) is 0 Å². The van der Waals surface area contributed by atoms with Crippen LogP contribution < -0.4 is 11.2 Å². The van der Waals surface area contributed by atoms with E-state index in [0.717, 1.165) is 28.7 Å². The summed E-state index contributed by atoms with van der Waals surface area (Å²) in [5.41, 5.74) is 2.11. The van der Waals surface area contributed by atoms with Gasteiger partial charge in [-0.15, -0.1) is 0 Å². The molecule has 0 radical (unpaired) electrons. The molecule has 3 aromatic heterocycles. The first-order valence-electron chi connectivity index (χ1n) is 8.42. The summed E-state index contributed by atoms with van der Waals surface area (Å²) >= 11 is 6.02. The van der Waals surface area contributed by atoms with Crippen LogP contribution in [-0.4, -0.2) is 23.1 Å². The lowest BCUT2D eigenvalue weighted by atomic mass is 10.1. The molecule has 1 fully saturated rings. The molecule has 0 bridgehead atoms. The number of fused-ring (bicyclic) bond motifs is 3. The van der Waals surface area contributed by atoms with E-state index in [1.165, 1.54) is 11.6 Å². The van der Waals surface area contributed by atoms with Crippen LogP contribution in [0.1, 0.15) is 18.9 Å². The number of halogens is 1. The van der Waals surface area contributed by atoms with Crippen LogP contribution in [0.2, 0.25) is 5.02 Å². The van der Waals surface area contributed by atoms with Crippen molar-refractivity contribution in [3.05, 3.63) is 56.3 Å². The van der Waals surface area contributed by atoms with Crippen LogP contribution in [-0.2, 0) is 14.1 Å². The molecular formula is C18H16ClN5O2. The van der Waals surface area contributed by atoms with Gasteiger partial charge in [-0.2, -0.15) is 4.98 Å². The van der Waals surface area contributed by atoms with Crippen LogP contribution in [0, 0.1) is 0 Å². The van der Waals surface area contributed by atoms with Gasteiger partial charge in [0.25, 0.3) is 5.56 Å². The van der Waals surface area contributed by atoms with Crippen molar-refractivity contribution in [3.8, 4) is 11.3 Å². The fraction of sp³-hybridized carbons (Fsp3) is 0.278. The minimum Gasteiger partial charge on any atom is -0.306 e. The molecule has 5 rings (SSSR count). The van der Waals surface area contributed by atoms with Crippen LogP contribution in [0.4, 0.5) is 0 Å². The highest BCUT2D eigenvalue weighted by atomic mass is 35.5. The maximum Gasteiger partial charge on any atom is 0.332 e. The number of benzene rings is 1. The normalized spacial score (nSPS) is 14.6. The zero-order valence-corrected chi connectivity index (χ0v) is 15.1. The Bertz CT molecular complexity index is 1300. The molecule has 4 aromatic rings. The Labute approximate surface area is 152 Å². The van der Waals surface area contributed by atoms with Crippen molar-refractivity contribution in [1.29, 1.82) is 0 Å². The molecular weight excluding hydrogens is 354 g/mol. The first kappa shape index (κ1) is 15.5. The van der Waals surface area contributed by atoms with Crippen molar-refractivity contribution in [1.82, 2.24) is 23.1 Å². The standard InChI is InChI=1S/C18H16ClN5O2/c1-21-15-14(16(25)22(2)18(21)26)23-9-13(10-3-5-11(19)6-4-10)24(12-7-8-12)17(23)20-15/h3-6,9,12H,7-8H2,1-2H3. The summed E-state index contributed by atoms with van der Waals surface area (Å²) in [5, 5.41) is 0.678. The van der Waals surface area contributed by atoms with Crippen molar-refractivity contribution in [2.75, 3.05) is 0 Å². The summed E-state index contributed by atoms with van der Waals surface area (Å²) in [5.74, 6) is 0.686. The molecule has 26 heavy (non-hydrogen) atoms. The number of rotatable bonds is 2. The van der Waals surface area contributed by atoms with Gasteiger partial charge in [0.2, 0.25) is 5.78 Å². The van der Waals surface area contributed by atoms with Gasteiger partial charge in [0.15, 0.2) is 11.2 Å². The number of hydrogen-bond acceptors (Lipinski definition) is 3. The Hall–Kier alpha value is -2.80. The molecule has 0 N–H and O–H groups in total. The molecule has 0 amide bonds. The van der Waals surface area contributed by atoms with Gasteiger partial charge in [-0.25, -0.2) is 4.79 Å². The van der Waals surface area contributed by atoms with Gasteiger partial charge in [0.05, 0.1) is 5.69 Å². The number of nitrogens with zero attached hydrogens (tertiary/aromatic N) is 5. The Kier molecular flexibility index (Phi) is 3.04. The Balaban J connectivity index is 1.92. The lowest BCUT2D eigenvalue weighted by Crippen LogP contribution is -2.37. The van der Waals surface area contributed by atoms with Gasteiger partial charge < -0.3 is 4.57 Å². The third-order valence-electron chi connectivity index (χ3n) is 5.05. The highest BCUT2D eigenvalue weighted by molar-refractivity contribution is 6.30. The van der Waals surface area contributed by atoms with E-state index >= 15 is 0 Å². The molecule has 1 saturated carbocycles. The van der Waals surface area contributed by atoms with E-state index in [-0.39, 0.29) is 11.2 Å². The van der Waals surface area contributed by atoms with Gasteiger partial charge in [-0.05, 0) is 30.5 Å². The number of hydrogen-bond donors (Lipinski definition) is 0. The molecule has 0 aliphatic heterocycles. The van der Waals surface area contributed by atoms with E-state index in [1.54, 1.807) is 11.4 Å². The molecule has 7 nitrogen and oxygen atoms in total. The fourth-order valence-corrected chi connectivity index (χ4v) is 3.64. The van der Waals surface area contributed by atoms with Crippen molar-refractivity contribution in [2.45, 2.75) is 18.9 Å². The van der Waals surface area contributed by atoms with E-state index in [0.29, 0.717) is 28.0 Å². The van der Waals surface area contributed by atoms with Crippen LogP contribution >= 0.6 is 11.6 Å². The molecule has 1 aliphatic rings. The van der Waals surface area contributed by atoms with Gasteiger partial charge in [-0.1, -0.05) is 23.7 Å². The van der Waals surface area contributed by atoms with Gasteiger partial charge in [-0.3, -0.25) is 18.3 Å². The molecule has 0 saturated heterocycles. The van der Waals surface area contributed by atoms with E-state index in [4.69, 9.17) is 11.6 Å². The monoisotopic (exact) mass is 369 g/mol. The summed E-state index contributed by atoms with van der Waals surface area (Å²) in [6.07, 6.45) is 4.08. The number of aryl methyl sites for hydroxylation is 1. The highest BCUT2D eigenvalue weighted by Crippen LogP contribution is 2.41. The van der Waals surface area contributed by atoms with E-state index in [9.17, 15) is 9.59 Å². The lowest BCUT2D eigenvalue weighted by Gasteiger charge is -2.07. The molecule has 1 aromatic carbocycles. The summed E-state index contributed by atoms with van der Waals surface area (Å²) in [6.45, 7) is 0. The third kappa shape index (κ3) is 1.97. The predicted molar refractivity (Wildman–Crippen MR) is 99.9 cm³/mol. The largest absolute Gasteiger partial charge is 0.332 e. The van der Waals surface area contributed by atoms with E-state index < -0.39 is 0 Å². The number of aromatic nitrogens is 5. The van der Waals surface area contributed by atoms with Crippen LogP contribution in [0.25, 0.3) is 28.2 Å². The second-order valence-electron chi connectivity index (χ2n) is 6.78. The zero-order valence-electron chi connectivity index (χ0n) is 14.3. The second-order valence-corrected chi connectivity index (χ2v) is 7.22. The second kappa shape index (κ2) is 5.11. The Morgan fingerprint density at radius 1 is 1.08 bits per heavy atom. The molecule has 0 atom stereocenters. The summed E-state index contributed by atoms with van der Waals surface area (Å²) < 4.78 is 6.50. The van der Waals surface area contributed by atoms with Gasteiger partial charge >= 0.3 is 5.69 Å². The van der Waals surface area contributed by atoms with Crippen molar-refractivity contribution >= 4 is 28.5 Å². The minimum atomic E-state index is -0.376. The maximum atomic E-state index is 12.7. The molecule has 8 heteroatoms. The zero-order chi connectivity index (χ0) is 18.2. The molecule has 0 unspecified atom stereocenters. The van der Waals surface area contributed by atoms with Crippen molar-refractivity contribution < 1.29 is 0 Å².